The van der Waals surface area contributed by atoms with Crippen molar-refractivity contribution in [2.75, 3.05) is 106 Å². The van der Waals surface area contributed by atoms with Crippen LogP contribution in [0.25, 0.3) is 11.1 Å². The fourth-order valence-electron chi connectivity index (χ4n) is 3.55. The first-order valence-corrected chi connectivity index (χ1v) is 14.4. The smallest absolute Gasteiger partial charge is 0.171 e. The average Bonchev–Trinajstić information content (AvgIpc) is 2.99. The molecule has 0 spiro atoms. The first kappa shape index (κ1) is 41.4. The molecule has 12 heteroatoms. The molecule has 0 amide bonds. The number of pyridine rings is 2. The second-order valence-corrected chi connectivity index (χ2v) is 8.72. The zero-order chi connectivity index (χ0) is 28.4. The summed E-state index contributed by atoms with van der Waals surface area (Å²) in [6.45, 7) is 15.3. The quantitative estimate of drug-likeness (QED) is 0.0516. The highest BCUT2D eigenvalue weighted by Gasteiger charge is 2.06. The van der Waals surface area contributed by atoms with E-state index in [1.807, 2.05) is 13.8 Å². The van der Waals surface area contributed by atoms with Gasteiger partial charge in [0.1, 0.15) is 13.2 Å². The highest BCUT2D eigenvalue weighted by Crippen LogP contribution is 2.15. The molecule has 0 saturated carbocycles. The molecule has 0 radical (unpaired) electrons. The van der Waals surface area contributed by atoms with Crippen molar-refractivity contribution in [2.24, 2.45) is 0 Å². The molecular weight excluding hydrogens is 770 g/mol. The number of ether oxygens (including phenoxy) is 8. The molecule has 0 atom stereocenters. The minimum atomic E-state index is 0. The van der Waals surface area contributed by atoms with Crippen molar-refractivity contribution >= 4 is 0 Å². The van der Waals surface area contributed by atoms with Gasteiger partial charge in [-0.25, -0.2) is 9.13 Å². The lowest BCUT2D eigenvalue weighted by Gasteiger charge is -2.06. The van der Waals surface area contributed by atoms with Gasteiger partial charge >= 0.3 is 0 Å². The van der Waals surface area contributed by atoms with Crippen molar-refractivity contribution in [3.63, 3.8) is 0 Å². The van der Waals surface area contributed by atoms with Crippen LogP contribution in [-0.2, 0) is 51.0 Å². The van der Waals surface area contributed by atoms with Crippen molar-refractivity contribution in [3.8, 4) is 11.1 Å². The summed E-state index contributed by atoms with van der Waals surface area (Å²) in [5.41, 5.74) is 2.35. The summed E-state index contributed by atoms with van der Waals surface area (Å²) in [6.07, 6.45) is 8.33. The fraction of sp³-hybridized carbons (Fsp3) is 0.667. The third-order valence-corrected chi connectivity index (χ3v) is 5.74. The first-order chi connectivity index (χ1) is 19.8. The van der Waals surface area contributed by atoms with E-state index in [-0.39, 0.29) is 48.0 Å². The Morgan fingerprint density at radius 1 is 0.381 bits per heavy atom. The summed E-state index contributed by atoms with van der Waals surface area (Å²) >= 11 is 0. The van der Waals surface area contributed by atoms with Gasteiger partial charge in [-0.3, -0.25) is 0 Å². The van der Waals surface area contributed by atoms with Crippen molar-refractivity contribution < 1.29 is 95.0 Å². The molecule has 0 aliphatic carbocycles. The molecule has 0 aliphatic heterocycles. The van der Waals surface area contributed by atoms with Crippen molar-refractivity contribution in [2.45, 2.75) is 26.9 Å². The number of halogens is 2. The lowest BCUT2D eigenvalue weighted by Crippen LogP contribution is -3.00. The monoisotopic (exact) mass is 820 g/mol. The standard InChI is InChI=1S/C30H50N2O8.2HI/c1-3-33-17-19-37-25-27-39-23-21-35-15-13-31-9-5-29(6-10-31)30-7-11-32(12-8-30)14-16-36-22-24-40-28-26-38-20-18-34-4-2;;/h5-12H,3-4,13-28H2,1-2H3;2*1H/q+2;;/p-2. The summed E-state index contributed by atoms with van der Waals surface area (Å²) in [4.78, 5) is 0. The summed E-state index contributed by atoms with van der Waals surface area (Å²) in [7, 11) is 0. The first-order valence-electron chi connectivity index (χ1n) is 14.4. The van der Waals surface area contributed by atoms with Crippen LogP contribution in [0, 0.1) is 0 Å². The van der Waals surface area contributed by atoms with E-state index in [1.165, 1.54) is 11.1 Å². The Labute approximate surface area is 286 Å². The predicted octanol–water partition coefficient (Wildman–Crippen LogP) is -3.89. The van der Waals surface area contributed by atoms with E-state index in [9.17, 15) is 0 Å². The molecule has 2 aromatic rings. The van der Waals surface area contributed by atoms with Crippen LogP contribution in [0.2, 0.25) is 0 Å². The van der Waals surface area contributed by atoms with Crippen LogP contribution in [0.5, 0.6) is 0 Å². The molecule has 0 bridgehead atoms. The van der Waals surface area contributed by atoms with Crippen LogP contribution in [0.3, 0.4) is 0 Å². The maximum Gasteiger partial charge on any atom is 0.171 e. The largest absolute Gasteiger partial charge is 1.00 e. The zero-order valence-corrected chi connectivity index (χ0v) is 29.6. The van der Waals surface area contributed by atoms with Crippen molar-refractivity contribution in [1.82, 2.24) is 0 Å². The van der Waals surface area contributed by atoms with Gasteiger partial charge in [0.2, 0.25) is 0 Å². The van der Waals surface area contributed by atoms with E-state index in [0.29, 0.717) is 92.5 Å². The van der Waals surface area contributed by atoms with E-state index < -0.39 is 0 Å². The van der Waals surface area contributed by atoms with Gasteiger partial charge in [0, 0.05) is 37.5 Å². The molecule has 10 nitrogen and oxygen atoms in total. The lowest BCUT2D eigenvalue weighted by atomic mass is 10.1. The minimum absolute atomic E-state index is 0. The minimum Gasteiger partial charge on any atom is -1.00 e. The number of rotatable bonds is 27. The molecule has 0 aromatic carbocycles. The second-order valence-electron chi connectivity index (χ2n) is 8.72. The van der Waals surface area contributed by atoms with Crippen LogP contribution < -0.4 is 57.1 Å². The maximum atomic E-state index is 5.67. The molecule has 0 N–H and O–H groups in total. The molecule has 2 rings (SSSR count). The zero-order valence-electron chi connectivity index (χ0n) is 25.3. The SMILES string of the molecule is CCOCCOCCOCCOCC[n+]1ccc(-c2cc[n+](CCOCCOCCOCCOCC)cc2)cc1.[I-].[I-]. The Hall–Kier alpha value is -0.560. The van der Waals surface area contributed by atoms with Gasteiger partial charge < -0.3 is 85.8 Å². The molecule has 42 heavy (non-hydrogen) atoms. The highest BCUT2D eigenvalue weighted by molar-refractivity contribution is 5.60. The van der Waals surface area contributed by atoms with Crippen LogP contribution in [0.1, 0.15) is 13.8 Å². The average molecular weight is 821 g/mol. The van der Waals surface area contributed by atoms with E-state index in [2.05, 4.69) is 58.2 Å². The summed E-state index contributed by atoms with van der Waals surface area (Å²) in [5.74, 6) is 0. The number of nitrogens with zero attached hydrogens (tertiary/aromatic N) is 2. The van der Waals surface area contributed by atoms with Gasteiger partial charge in [-0.1, -0.05) is 0 Å². The van der Waals surface area contributed by atoms with E-state index in [0.717, 1.165) is 26.3 Å². The number of hydrogen-bond donors (Lipinski definition) is 0. The van der Waals surface area contributed by atoms with Crippen LogP contribution in [-0.4, -0.2) is 106 Å². The van der Waals surface area contributed by atoms with Crippen molar-refractivity contribution in [3.05, 3.63) is 49.1 Å². The molecular formula is C30H50I2N2O8. The van der Waals surface area contributed by atoms with Gasteiger partial charge in [-0.2, -0.15) is 0 Å². The van der Waals surface area contributed by atoms with E-state index >= 15 is 0 Å². The number of hydrogen-bond acceptors (Lipinski definition) is 8. The molecule has 0 fully saturated rings. The fourth-order valence-corrected chi connectivity index (χ4v) is 3.55. The van der Waals surface area contributed by atoms with Crippen LogP contribution in [0.15, 0.2) is 49.1 Å². The lowest BCUT2D eigenvalue weighted by molar-refractivity contribution is -0.698. The van der Waals surface area contributed by atoms with E-state index in [4.69, 9.17) is 37.9 Å². The molecule has 0 unspecified atom stereocenters. The van der Waals surface area contributed by atoms with Gasteiger partial charge in [0.15, 0.2) is 37.9 Å². The van der Waals surface area contributed by atoms with Crippen LogP contribution >= 0.6 is 0 Å². The summed E-state index contributed by atoms with van der Waals surface area (Å²) in [5, 5.41) is 0. The van der Waals surface area contributed by atoms with Gasteiger partial charge in [0.05, 0.1) is 79.3 Å². The van der Waals surface area contributed by atoms with Gasteiger partial charge in [-0.15, -0.1) is 0 Å². The van der Waals surface area contributed by atoms with Crippen molar-refractivity contribution in [1.29, 1.82) is 0 Å². The van der Waals surface area contributed by atoms with Crippen LogP contribution in [0.4, 0.5) is 0 Å². The topological polar surface area (TPSA) is 81.6 Å². The Kier molecular flexibility index (Phi) is 30.1. The maximum absolute atomic E-state index is 5.67. The third-order valence-electron chi connectivity index (χ3n) is 5.74. The number of aromatic nitrogens is 2. The Balaban J connectivity index is 0.00000840. The molecule has 0 saturated heterocycles. The molecule has 0 aliphatic rings. The molecule has 2 aromatic heterocycles. The Morgan fingerprint density at radius 3 is 0.881 bits per heavy atom. The summed E-state index contributed by atoms with van der Waals surface area (Å²) < 4.78 is 47.8. The Morgan fingerprint density at radius 2 is 0.619 bits per heavy atom. The molecule has 2 heterocycles. The van der Waals surface area contributed by atoms with E-state index in [1.54, 1.807) is 0 Å². The third kappa shape index (κ3) is 22.0. The van der Waals surface area contributed by atoms with Gasteiger partial charge in [-0.05, 0) is 25.0 Å². The van der Waals surface area contributed by atoms with Gasteiger partial charge in [0.25, 0.3) is 0 Å². The summed E-state index contributed by atoms with van der Waals surface area (Å²) in [6, 6.07) is 8.51. The normalized spacial score (nSPS) is 10.8. The second kappa shape index (κ2) is 30.5. The Bertz CT molecular complexity index is 766. The predicted molar refractivity (Wildman–Crippen MR) is 150 cm³/mol. The highest BCUT2D eigenvalue weighted by atomic mass is 127. The molecule has 242 valence electrons.